The van der Waals surface area contributed by atoms with E-state index in [0.29, 0.717) is 6.54 Å². The van der Waals surface area contributed by atoms with Gasteiger partial charge in [0, 0.05) is 19.1 Å². The molecule has 2 N–H and O–H groups in total. The largest absolute Gasteiger partial charge is 0.481 e. The second kappa shape index (κ2) is 6.95. The number of rotatable bonds is 5. The molecule has 0 aromatic carbocycles. The van der Waals surface area contributed by atoms with Crippen LogP contribution >= 0.6 is 0 Å². The lowest BCUT2D eigenvalue weighted by molar-refractivity contribution is -0.151. The van der Waals surface area contributed by atoms with Crippen LogP contribution in [0.1, 0.15) is 53.4 Å². The van der Waals surface area contributed by atoms with Gasteiger partial charge in [-0.2, -0.15) is 0 Å². The molecule has 5 nitrogen and oxygen atoms in total. The summed E-state index contributed by atoms with van der Waals surface area (Å²) in [6.07, 6.45) is 3.58. The number of piperidine rings is 1. The Hall–Kier alpha value is -1.26. The molecule has 0 aliphatic carbocycles. The summed E-state index contributed by atoms with van der Waals surface area (Å²) >= 11 is 0. The monoisotopic (exact) mass is 284 g/mol. The van der Waals surface area contributed by atoms with Crippen molar-refractivity contribution >= 4 is 12.0 Å². The van der Waals surface area contributed by atoms with E-state index in [1.807, 2.05) is 0 Å². The van der Waals surface area contributed by atoms with Crippen molar-refractivity contribution < 1.29 is 14.7 Å². The number of hydrogen-bond donors (Lipinski definition) is 2. The van der Waals surface area contributed by atoms with Crippen molar-refractivity contribution in [2.45, 2.75) is 59.4 Å². The number of likely N-dealkylation sites (tertiary alicyclic amines) is 1. The lowest BCUT2D eigenvalue weighted by Gasteiger charge is -2.39. The van der Waals surface area contributed by atoms with Gasteiger partial charge in [-0.3, -0.25) is 4.79 Å². The van der Waals surface area contributed by atoms with Crippen LogP contribution in [0.15, 0.2) is 0 Å². The number of hydrogen-bond acceptors (Lipinski definition) is 2. The predicted molar refractivity (Wildman–Crippen MR) is 78.6 cm³/mol. The summed E-state index contributed by atoms with van der Waals surface area (Å²) in [6.45, 7) is 8.87. The van der Waals surface area contributed by atoms with Crippen LogP contribution in [0.2, 0.25) is 0 Å². The number of urea groups is 1. The standard InChI is InChI=1S/C15H28N2O3/c1-5-12(6-2)16-14(20)17-9-7-8-11(10-17)15(3,4)13(18)19/h11-12H,5-10H2,1-4H3,(H,16,20)(H,18,19). The van der Waals surface area contributed by atoms with Crippen LogP contribution in [-0.4, -0.2) is 41.1 Å². The van der Waals surface area contributed by atoms with Crippen LogP contribution in [0.25, 0.3) is 0 Å². The first kappa shape index (κ1) is 16.8. The Labute approximate surface area is 121 Å². The van der Waals surface area contributed by atoms with Crippen LogP contribution < -0.4 is 5.32 Å². The third kappa shape index (κ3) is 3.87. The molecule has 0 spiro atoms. The number of carbonyl (C=O) groups is 2. The fourth-order valence-corrected chi connectivity index (χ4v) is 2.68. The van der Waals surface area contributed by atoms with Gasteiger partial charge in [0.15, 0.2) is 0 Å². The van der Waals surface area contributed by atoms with E-state index in [0.717, 1.165) is 32.2 Å². The van der Waals surface area contributed by atoms with Crippen LogP contribution in [0, 0.1) is 11.3 Å². The van der Waals surface area contributed by atoms with E-state index in [1.54, 1.807) is 18.7 Å². The third-order valence-corrected chi connectivity index (χ3v) is 4.59. The normalized spacial score (nSPS) is 20.1. The lowest BCUT2D eigenvalue weighted by Crippen LogP contribution is -2.51. The highest BCUT2D eigenvalue weighted by Gasteiger charge is 2.40. The maximum atomic E-state index is 12.2. The van der Waals surface area contributed by atoms with E-state index < -0.39 is 11.4 Å². The topological polar surface area (TPSA) is 69.6 Å². The Morgan fingerprint density at radius 2 is 1.95 bits per heavy atom. The van der Waals surface area contributed by atoms with E-state index in [2.05, 4.69) is 19.2 Å². The molecular weight excluding hydrogens is 256 g/mol. The average molecular weight is 284 g/mol. The van der Waals surface area contributed by atoms with E-state index in [4.69, 9.17) is 0 Å². The highest BCUT2D eigenvalue weighted by molar-refractivity contribution is 5.76. The highest BCUT2D eigenvalue weighted by atomic mass is 16.4. The number of carbonyl (C=O) groups excluding carboxylic acids is 1. The Bertz CT molecular complexity index is 351. The number of aliphatic carboxylic acids is 1. The van der Waals surface area contributed by atoms with Crippen molar-refractivity contribution in [2.75, 3.05) is 13.1 Å². The SMILES string of the molecule is CCC(CC)NC(=O)N1CCCC(C(C)(C)C(=O)O)C1. The zero-order valence-electron chi connectivity index (χ0n) is 13.1. The molecular formula is C15H28N2O3. The van der Waals surface area contributed by atoms with E-state index in [-0.39, 0.29) is 18.0 Å². The summed E-state index contributed by atoms with van der Waals surface area (Å²) in [4.78, 5) is 25.4. The molecule has 1 saturated heterocycles. The molecule has 0 saturated carbocycles. The third-order valence-electron chi connectivity index (χ3n) is 4.59. The molecule has 2 amide bonds. The zero-order valence-corrected chi connectivity index (χ0v) is 13.1. The van der Waals surface area contributed by atoms with Crippen LogP contribution in [0.4, 0.5) is 4.79 Å². The minimum Gasteiger partial charge on any atom is -0.481 e. The van der Waals surface area contributed by atoms with E-state index in [9.17, 15) is 14.7 Å². The number of carboxylic acids is 1. The van der Waals surface area contributed by atoms with Crippen molar-refractivity contribution in [2.24, 2.45) is 11.3 Å². The van der Waals surface area contributed by atoms with Gasteiger partial charge in [-0.25, -0.2) is 4.79 Å². The molecule has 1 unspecified atom stereocenters. The molecule has 20 heavy (non-hydrogen) atoms. The summed E-state index contributed by atoms with van der Waals surface area (Å²) in [5.74, 6) is -0.772. The maximum absolute atomic E-state index is 12.2. The molecule has 1 atom stereocenters. The van der Waals surface area contributed by atoms with Crippen molar-refractivity contribution in [1.29, 1.82) is 0 Å². The van der Waals surface area contributed by atoms with Crippen molar-refractivity contribution in [3.63, 3.8) is 0 Å². The fourth-order valence-electron chi connectivity index (χ4n) is 2.68. The average Bonchev–Trinajstić information content (AvgIpc) is 2.44. The van der Waals surface area contributed by atoms with Gasteiger partial charge in [0.1, 0.15) is 0 Å². The molecule has 0 radical (unpaired) electrons. The minimum absolute atomic E-state index is 0.0150. The molecule has 1 fully saturated rings. The summed E-state index contributed by atoms with van der Waals surface area (Å²) < 4.78 is 0. The van der Waals surface area contributed by atoms with Crippen LogP contribution in [0.5, 0.6) is 0 Å². The number of nitrogens with one attached hydrogen (secondary N) is 1. The van der Waals surface area contributed by atoms with Gasteiger partial charge in [-0.1, -0.05) is 13.8 Å². The van der Waals surface area contributed by atoms with Gasteiger partial charge in [-0.15, -0.1) is 0 Å². The predicted octanol–water partition coefficient (Wildman–Crippen LogP) is 2.71. The van der Waals surface area contributed by atoms with Gasteiger partial charge in [0.25, 0.3) is 0 Å². The Kier molecular flexibility index (Phi) is 5.84. The first-order valence-corrected chi connectivity index (χ1v) is 7.61. The molecule has 1 aliphatic rings. The molecule has 0 aromatic heterocycles. The number of carboxylic acid groups (broad SMARTS) is 1. The Morgan fingerprint density at radius 3 is 2.45 bits per heavy atom. The first-order valence-electron chi connectivity index (χ1n) is 7.61. The molecule has 0 bridgehead atoms. The zero-order chi connectivity index (χ0) is 15.3. The number of amides is 2. The Morgan fingerprint density at radius 1 is 1.35 bits per heavy atom. The lowest BCUT2D eigenvalue weighted by atomic mass is 9.74. The van der Waals surface area contributed by atoms with Crippen LogP contribution in [-0.2, 0) is 4.79 Å². The summed E-state index contributed by atoms with van der Waals surface area (Å²) in [7, 11) is 0. The highest BCUT2D eigenvalue weighted by Crippen LogP contribution is 2.34. The van der Waals surface area contributed by atoms with E-state index in [1.165, 1.54) is 0 Å². The molecule has 5 heteroatoms. The summed E-state index contributed by atoms with van der Waals surface area (Å²) in [6, 6.07) is 0.153. The van der Waals surface area contributed by atoms with Gasteiger partial charge in [-0.05, 0) is 45.4 Å². The van der Waals surface area contributed by atoms with Crippen LogP contribution in [0.3, 0.4) is 0 Å². The maximum Gasteiger partial charge on any atom is 0.317 e. The molecule has 1 aliphatic heterocycles. The summed E-state index contributed by atoms with van der Waals surface area (Å²) in [5.41, 5.74) is -0.784. The molecule has 116 valence electrons. The minimum atomic E-state index is -0.787. The fraction of sp³-hybridized carbons (Fsp3) is 0.867. The van der Waals surface area contributed by atoms with Gasteiger partial charge in [0.2, 0.25) is 0 Å². The number of nitrogens with zero attached hydrogens (tertiary/aromatic N) is 1. The second-order valence-corrected chi connectivity index (χ2v) is 6.27. The molecule has 1 rings (SSSR count). The summed E-state index contributed by atoms with van der Waals surface area (Å²) in [5, 5.41) is 12.3. The van der Waals surface area contributed by atoms with Crippen molar-refractivity contribution in [3.05, 3.63) is 0 Å². The van der Waals surface area contributed by atoms with Gasteiger partial charge in [0.05, 0.1) is 5.41 Å². The van der Waals surface area contributed by atoms with Crippen molar-refractivity contribution in [1.82, 2.24) is 10.2 Å². The van der Waals surface area contributed by atoms with Gasteiger partial charge < -0.3 is 15.3 Å². The first-order chi connectivity index (χ1) is 9.32. The van der Waals surface area contributed by atoms with Gasteiger partial charge >= 0.3 is 12.0 Å². The second-order valence-electron chi connectivity index (χ2n) is 6.27. The quantitative estimate of drug-likeness (QED) is 0.815. The molecule has 0 aromatic rings. The Balaban J connectivity index is 2.65. The smallest absolute Gasteiger partial charge is 0.317 e. The molecule has 1 heterocycles. The van der Waals surface area contributed by atoms with Crippen molar-refractivity contribution in [3.8, 4) is 0 Å². The van der Waals surface area contributed by atoms with E-state index >= 15 is 0 Å².